The van der Waals surface area contributed by atoms with Crippen LogP contribution >= 0.6 is 31.9 Å². The van der Waals surface area contributed by atoms with Gasteiger partial charge in [-0.25, -0.2) is 9.59 Å². The number of rotatable bonds is 10. The molecule has 2 saturated heterocycles. The van der Waals surface area contributed by atoms with Crippen molar-refractivity contribution in [1.82, 2.24) is 15.4 Å². The normalized spacial score (nSPS) is 15.6. The summed E-state index contributed by atoms with van der Waals surface area (Å²) in [6.07, 6.45) is -0.0916. The van der Waals surface area contributed by atoms with Gasteiger partial charge in [0, 0.05) is 64.7 Å². The fourth-order valence-electron chi connectivity index (χ4n) is 4.00. The molecule has 47 heavy (non-hydrogen) atoms. The van der Waals surface area contributed by atoms with Crippen molar-refractivity contribution in [3.05, 3.63) is 78.9 Å². The first kappa shape index (κ1) is 36.4. The number of benzene rings is 2. The molecule has 5 amide bonds. The van der Waals surface area contributed by atoms with Crippen molar-refractivity contribution in [2.75, 3.05) is 6.54 Å². The van der Waals surface area contributed by atoms with E-state index in [0.717, 1.165) is 12.1 Å². The number of hydrogen-bond acceptors (Lipinski definition) is 13. The van der Waals surface area contributed by atoms with Crippen LogP contribution in [-0.4, -0.2) is 68.0 Å². The van der Waals surface area contributed by atoms with Crippen LogP contribution in [0.15, 0.2) is 36.4 Å². The van der Waals surface area contributed by atoms with Gasteiger partial charge in [-0.1, -0.05) is 50.9 Å². The second-order valence-corrected chi connectivity index (χ2v) is 10.8. The largest absolute Gasteiger partial charge is 0.364 e. The molecule has 0 bridgehead atoms. The lowest BCUT2D eigenvalue weighted by Crippen LogP contribution is -2.38. The van der Waals surface area contributed by atoms with E-state index in [1.807, 2.05) is 0 Å². The van der Waals surface area contributed by atoms with E-state index >= 15 is 0 Å². The number of halogens is 2. The van der Waals surface area contributed by atoms with Gasteiger partial charge < -0.3 is 15.0 Å². The molecule has 0 radical (unpaired) electrons. The van der Waals surface area contributed by atoms with Gasteiger partial charge in [-0.05, 0) is 12.1 Å². The van der Waals surface area contributed by atoms with Gasteiger partial charge in [-0.2, -0.15) is 0 Å². The fourth-order valence-corrected chi connectivity index (χ4v) is 4.94. The van der Waals surface area contributed by atoms with Crippen molar-refractivity contribution in [3.8, 4) is 0 Å². The van der Waals surface area contributed by atoms with Crippen LogP contribution in [0.4, 0.5) is 11.4 Å². The third kappa shape index (κ3) is 9.00. The summed E-state index contributed by atoms with van der Waals surface area (Å²) >= 11 is 6.22. The minimum atomic E-state index is -1.01. The lowest BCUT2D eigenvalue weighted by Gasteiger charge is -2.13. The SMILES string of the molecule is CC1CC(=O)N(OC(=O)CNC(=O)c2ccc(CBr)c([N+](=O)[O-])c2)C1=O.O=C(ON1C(=O)CCC1=O)c1ccc(CBr)c([N+](=O)[O-])c1. The zero-order valence-electron chi connectivity index (χ0n) is 24.1. The van der Waals surface area contributed by atoms with Crippen molar-refractivity contribution in [2.24, 2.45) is 5.92 Å². The van der Waals surface area contributed by atoms with Gasteiger partial charge in [0.1, 0.15) is 6.54 Å². The van der Waals surface area contributed by atoms with Crippen LogP contribution in [0, 0.1) is 26.1 Å². The topological polar surface area (TPSA) is 243 Å². The Morgan fingerprint density at radius 3 is 1.81 bits per heavy atom. The number of carbonyl (C=O) groups excluding carboxylic acids is 7. The lowest BCUT2D eigenvalue weighted by molar-refractivity contribution is -0.385. The van der Waals surface area contributed by atoms with Crippen LogP contribution in [0.3, 0.4) is 0 Å². The molecule has 0 spiro atoms. The van der Waals surface area contributed by atoms with E-state index in [9.17, 15) is 53.8 Å². The van der Waals surface area contributed by atoms with Crippen LogP contribution in [0.1, 0.15) is 58.0 Å². The Morgan fingerprint density at radius 2 is 1.34 bits per heavy atom. The summed E-state index contributed by atoms with van der Waals surface area (Å²) in [4.78, 5) is 112. The number of amides is 5. The number of nitrogens with one attached hydrogen (secondary N) is 1. The molecule has 0 saturated carbocycles. The monoisotopic (exact) mass is 783 g/mol. The van der Waals surface area contributed by atoms with Gasteiger partial charge in [-0.3, -0.25) is 44.2 Å². The Morgan fingerprint density at radius 1 is 0.830 bits per heavy atom. The molecule has 1 unspecified atom stereocenters. The zero-order chi connectivity index (χ0) is 35.0. The molecule has 0 aromatic heterocycles. The maximum atomic E-state index is 12.0. The number of alkyl halides is 2. The molecule has 18 nitrogen and oxygen atoms in total. The highest BCUT2D eigenvalue weighted by molar-refractivity contribution is 9.08. The third-order valence-corrected chi connectivity index (χ3v) is 7.65. The average Bonchev–Trinajstić information content (AvgIpc) is 3.49. The number of nitro groups is 2. The third-order valence-electron chi connectivity index (χ3n) is 6.45. The van der Waals surface area contributed by atoms with Crippen LogP contribution in [-0.2, 0) is 44.3 Å². The molecule has 2 aliphatic rings. The molecule has 2 heterocycles. The van der Waals surface area contributed by atoms with E-state index in [-0.39, 0.29) is 52.4 Å². The lowest BCUT2D eigenvalue weighted by atomic mass is 10.1. The summed E-state index contributed by atoms with van der Waals surface area (Å²) in [7, 11) is 0. The second-order valence-electron chi connectivity index (χ2n) is 9.71. The zero-order valence-corrected chi connectivity index (χ0v) is 27.3. The van der Waals surface area contributed by atoms with Gasteiger partial charge in [0.15, 0.2) is 0 Å². The Kier molecular flexibility index (Phi) is 12.3. The summed E-state index contributed by atoms with van der Waals surface area (Å²) in [5, 5.41) is 25.4. The van der Waals surface area contributed by atoms with Crippen molar-refractivity contribution < 1.29 is 53.1 Å². The molecule has 2 aliphatic heterocycles. The minimum Gasteiger partial charge on any atom is -0.341 e. The molecule has 2 fully saturated rings. The average molecular weight is 785 g/mol. The summed E-state index contributed by atoms with van der Waals surface area (Å²) in [6.45, 7) is 0.914. The molecule has 0 aliphatic carbocycles. The Balaban J connectivity index is 0.000000261. The van der Waals surface area contributed by atoms with Crippen molar-refractivity contribution in [3.63, 3.8) is 0 Å². The molecule has 20 heteroatoms. The smallest absolute Gasteiger partial charge is 0.341 e. The second kappa shape index (κ2) is 15.9. The summed E-state index contributed by atoms with van der Waals surface area (Å²) in [6, 6.07) is 7.66. The Labute approximate surface area is 280 Å². The van der Waals surface area contributed by atoms with E-state index in [4.69, 9.17) is 4.84 Å². The predicted molar refractivity (Wildman–Crippen MR) is 162 cm³/mol. The standard InChI is InChI=1S/C15H14BrN3O7.C12H9BrN2O6/c1-8-4-12(20)18(15(8)23)26-13(21)7-17-14(22)9-2-3-10(6-16)11(5-9)19(24)25;13-6-8-2-1-7(5-9(8)15(19)20)12(18)21-14-10(16)3-4-11(14)17/h2-3,5,8H,4,6-7H2,1H3,(H,17,22);1-2,5H,3-4,6H2. The molecule has 2 aromatic rings. The van der Waals surface area contributed by atoms with Crippen LogP contribution in [0.25, 0.3) is 0 Å². The summed E-state index contributed by atoms with van der Waals surface area (Å²) < 4.78 is 0. The van der Waals surface area contributed by atoms with Crippen LogP contribution < -0.4 is 5.32 Å². The maximum absolute atomic E-state index is 12.0. The molecule has 4 rings (SSSR count). The highest BCUT2D eigenvalue weighted by Gasteiger charge is 2.39. The number of imide groups is 2. The van der Waals surface area contributed by atoms with Crippen LogP contribution in [0.5, 0.6) is 0 Å². The van der Waals surface area contributed by atoms with Crippen molar-refractivity contribution >= 4 is 84.7 Å². The number of carbonyl (C=O) groups is 7. The van der Waals surface area contributed by atoms with Gasteiger partial charge in [0.2, 0.25) is 0 Å². The number of hydroxylamine groups is 4. The van der Waals surface area contributed by atoms with E-state index < -0.39 is 63.8 Å². The molecule has 248 valence electrons. The summed E-state index contributed by atoms with van der Waals surface area (Å²) in [5.41, 5.74) is 0.172. The molecule has 2 aromatic carbocycles. The van der Waals surface area contributed by atoms with E-state index in [2.05, 4.69) is 42.0 Å². The Bertz CT molecular complexity index is 1670. The first-order valence-corrected chi connectivity index (χ1v) is 15.5. The molecular formula is C27H23Br2N5O13. The van der Waals surface area contributed by atoms with E-state index in [1.165, 1.54) is 31.2 Å². The Hall–Kier alpha value is -5.11. The molecule has 1 N–H and O–H groups in total. The minimum absolute atomic E-state index is 0.0175. The van der Waals surface area contributed by atoms with Crippen LogP contribution in [0.2, 0.25) is 0 Å². The quantitative estimate of drug-likeness (QED) is 0.158. The fraction of sp³-hybridized carbons (Fsp3) is 0.296. The predicted octanol–water partition coefficient (Wildman–Crippen LogP) is 2.78. The van der Waals surface area contributed by atoms with Crippen molar-refractivity contribution in [2.45, 2.75) is 36.8 Å². The number of nitro benzene ring substituents is 2. The number of nitrogens with zero attached hydrogens (tertiary/aromatic N) is 4. The molecular weight excluding hydrogens is 762 g/mol. The highest BCUT2D eigenvalue weighted by atomic mass is 79.9. The van der Waals surface area contributed by atoms with Gasteiger partial charge in [0.05, 0.1) is 15.4 Å². The number of hydrogen-bond donors (Lipinski definition) is 1. The van der Waals surface area contributed by atoms with Gasteiger partial charge in [-0.15, -0.1) is 10.1 Å². The van der Waals surface area contributed by atoms with Gasteiger partial charge >= 0.3 is 11.9 Å². The van der Waals surface area contributed by atoms with E-state index in [0.29, 0.717) is 21.3 Å². The highest BCUT2D eigenvalue weighted by Crippen LogP contribution is 2.25. The first-order valence-electron chi connectivity index (χ1n) is 13.3. The van der Waals surface area contributed by atoms with E-state index in [1.54, 1.807) is 0 Å². The van der Waals surface area contributed by atoms with Gasteiger partial charge in [0.25, 0.3) is 40.9 Å². The summed E-state index contributed by atoms with van der Waals surface area (Å²) in [5.74, 6) is -5.81. The molecule has 1 atom stereocenters. The maximum Gasteiger partial charge on any atom is 0.364 e. The van der Waals surface area contributed by atoms with Crippen molar-refractivity contribution in [1.29, 1.82) is 0 Å². The first-order chi connectivity index (χ1) is 22.2.